The van der Waals surface area contributed by atoms with Crippen molar-refractivity contribution >= 4 is 22.1 Å². The van der Waals surface area contributed by atoms with Crippen molar-refractivity contribution in [1.82, 2.24) is 0 Å². The van der Waals surface area contributed by atoms with Crippen LogP contribution in [-0.4, -0.2) is 27.6 Å². The topological polar surface area (TPSA) is 89.9 Å². The van der Waals surface area contributed by atoms with E-state index in [1.165, 1.54) is 0 Å². The Kier molecular flexibility index (Phi) is 4.31. The van der Waals surface area contributed by atoms with Gasteiger partial charge in [0.25, 0.3) is 16.1 Å². The van der Waals surface area contributed by atoms with Crippen LogP contribution in [0.4, 0.5) is 13.2 Å². The van der Waals surface area contributed by atoms with Crippen LogP contribution >= 0.6 is 0 Å². The van der Waals surface area contributed by atoms with Gasteiger partial charge in [-0.05, 0) is 12.1 Å². The molecule has 0 N–H and O–H groups in total. The first-order valence-electron chi connectivity index (χ1n) is 4.78. The van der Waals surface area contributed by atoms with Crippen molar-refractivity contribution in [3.8, 4) is 0 Å². The Morgan fingerprint density at radius 2 is 1.95 bits per heavy atom. The van der Waals surface area contributed by atoms with Crippen molar-refractivity contribution in [2.24, 2.45) is 4.40 Å². The van der Waals surface area contributed by atoms with Gasteiger partial charge in [-0.15, -0.1) is 0 Å². The van der Waals surface area contributed by atoms with Crippen molar-refractivity contribution in [2.75, 3.05) is 7.11 Å². The number of alkyl halides is 3. The predicted octanol–water partition coefficient (Wildman–Crippen LogP) is 1.52. The van der Waals surface area contributed by atoms with Gasteiger partial charge in [0.2, 0.25) is 0 Å². The van der Waals surface area contributed by atoms with Gasteiger partial charge in [0.1, 0.15) is 4.90 Å². The summed E-state index contributed by atoms with van der Waals surface area (Å²) in [5.74, 6) is -1.31. The number of esters is 1. The van der Waals surface area contributed by atoms with Crippen molar-refractivity contribution in [3.63, 3.8) is 0 Å². The molecule has 6 nitrogen and oxygen atoms in total. The van der Waals surface area contributed by atoms with Crippen LogP contribution in [0.25, 0.3) is 0 Å². The summed E-state index contributed by atoms with van der Waals surface area (Å²) in [7, 11) is -4.17. The standard InChI is InChI=1S/C10H6F3NO5S/c1-19-9(16)6-3-2-4-7(10(11,12)13)8(6)20(17,18)14-5-15/h2-4H,1H3. The SMILES string of the molecule is COC(=O)c1cccc(C(F)(F)F)c1S(=O)(=O)N=C=O. The van der Waals surface area contributed by atoms with E-state index in [2.05, 4.69) is 9.13 Å². The Morgan fingerprint density at radius 3 is 2.40 bits per heavy atom. The number of benzene rings is 1. The van der Waals surface area contributed by atoms with Crippen molar-refractivity contribution in [3.05, 3.63) is 29.3 Å². The number of sulfonamides is 1. The molecule has 1 aromatic rings. The van der Waals surface area contributed by atoms with Crippen LogP contribution in [0, 0.1) is 0 Å². The van der Waals surface area contributed by atoms with Gasteiger partial charge in [0, 0.05) is 0 Å². The first kappa shape index (κ1) is 15.9. The van der Waals surface area contributed by atoms with Crippen molar-refractivity contribution < 1.29 is 35.9 Å². The number of carbonyl (C=O) groups excluding carboxylic acids is 2. The molecule has 10 heteroatoms. The van der Waals surface area contributed by atoms with Gasteiger partial charge in [-0.3, -0.25) is 0 Å². The lowest BCUT2D eigenvalue weighted by atomic mass is 10.1. The van der Waals surface area contributed by atoms with E-state index in [1.807, 2.05) is 0 Å². The molecule has 0 saturated heterocycles. The van der Waals surface area contributed by atoms with E-state index >= 15 is 0 Å². The van der Waals surface area contributed by atoms with E-state index in [0.717, 1.165) is 19.2 Å². The third-order valence-electron chi connectivity index (χ3n) is 2.14. The summed E-state index contributed by atoms with van der Waals surface area (Å²) in [5, 5.41) is 0. The number of hydrogen-bond donors (Lipinski definition) is 0. The number of carbonyl (C=O) groups is 1. The van der Waals surface area contributed by atoms with Crippen molar-refractivity contribution in [2.45, 2.75) is 11.1 Å². The summed E-state index contributed by atoms with van der Waals surface area (Å²) >= 11 is 0. The molecular weight excluding hydrogens is 303 g/mol. The zero-order valence-corrected chi connectivity index (χ0v) is 10.6. The molecule has 1 aromatic carbocycles. The second-order valence-corrected chi connectivity index (χ2v) is 4.87. The molecule has 0 radical (unpaired) electrons. The van der Waals surface area contributed by atoms with Crippen molar-refractivity contribution in [1.29, 1.82) is 0 Å². The lowest BCUT2D eigenvalue weighted by Crippen LogP contribution is -2.17. The lowest BCUT2D eigenvalue weighted by molar-refractivity contribution is -0.139. The second kappa shape index (κ2) is 5.43. The minimum absolute atomic E-state index is 0.444. The smallest absolute Gasteiger partial charge is 0.417 e. The van der Waals surface area contributed by atoms with Crippen LogP contribution in [-0.2, 0) is 25.7 Å². The number of methoxy groups -OCH3 is 1. The molecule has 0 aromatic heterocycles. The van der Waals surface area contributed by atoms with E-state index < -0.39 is 38.2 Å². The Labute approximate surface area is 110 Å². The zero-order chi connectivity index (χ0) is 15.6. The predicted molar refractivity (Wildman–Crippen MR) is 58.1 cm³/mol. The summed E-state index contributed by atoms with van der Waals surface area (Å²) in [6.45, 7) is 0. The fourth-order valence-electron chi connectivity index (χ4n) is 1.40. The molecule has 0 aliphatic heterocycles. The van der Waals surface area contributed by atoms with Gasteiger partial charge in [-0.1, -0.05) is 10.5 Å². The number of rotatable bonds is 3. The summed E-state index contributed by atoms with van der Waals surface area (Å²) in [5.41, 5.74) is -2.50. The van der Waals surface area contributed by atoms with E-state index in [0.29, 0.717) is 12.1 Å². The van der Waals surface area contributed by atoms with Gasteiger partial charge in [-0.2, -0.15) is 21.6 Å². The van der Waals surface area contributed by atoms with Gasteiger partial charge >= 0.3 is 12.1 Å². The van der Waals surface area contributed by atoms with Gasteiger partial charge in [0.15, 0.2) is 0 Å². The van der Waals surface area contributed by atoms with Crippen LogP contribution < -0.4 is 0 Å². The highest BCUT2D eigenvalue weighted by Gasteiger charge is 2.40. The van der Waals surface area contributed by atoms with Crippen LogP contribution in [0.3, 0.4) is 0 Å². The minimum Gasteiger partial charge on any atom is -0.465 e. The molecule has 0 atom stereocenters. The Bertz CT molecular complexity index is 689. The molecule has 0 unspecified atom stereocenters. The van der Waals surface area contributed by atoms with E-state index in [1.54, 1.807) is 0 Å². The van der Waals surface area contributed by atoms with Crippen LogP contribution in [0.2, 0.25) is 0 Å². The molecule has 0 heterocycles. The Morgan fingerprint density at radius 1 is 1.35 bits per heavy atom. The monoisotopic (exact) mass is 309 g/mol. The molecule has 0 bridgehead atoms. The molecule has 0 aliphatic carbocycles. The molecule has 0 amide bonds. The van der Waals surface area contributed by atoms with Crippen LogP contribution in [0.5, 0.6) is 0 Å². The Hall–Kier alpha value is -2.19. The summed E-state index contributed by atoms with van der Waals surface area (Å²) < 4.78 is 68.2. The fraction of sp³-hybridized carbons (Fsp3) is 0.200. The number of ether oxygens (including phenoxy) is 1. The fourth-order valence-corrected chi connectivity index (χ4v) is 2.48. The molecule has 0 fully saturated rings. The molecule has 0 saturated carbocycles. The molecule has 0 aliphatic rings. The number of nitrogens with zero attached hydrogens (tertiary/aromatic N) is 1. The lowest BCUT2D eigenvalue weighted by Gasteiger charge is -2.13. The molecule has 0 spiro atoms. The maximum Gasteiger partial charge on any atom is 0.417 e. The summed E-state index contributed by atoms with van der Waals surface area (Å²) in [6.07, 6.45) is -4.43. The van der Waals surface area contributed by atoms with Gasteiger partial charge in [-0.25, -0.2) is 9.59 Å². The average molecular weight is 309 g/mol. The highest BCUT2D eigenvalue weighted by atomic mass is 32.2. The molecule has 1 rings (SSSR count). The normalized spacial score (nSPS) is 11.6. The largest absolute Gasteiger partial charge is 0.465 e. The zero-order valence-electron chi connectivity index (χ0n) is 9.76. The van der Waals surface area contributed by atoms with E-state index in [9.17, 15) is 31.2 Å². The molecule has 20 heavy (non-hydrogen) atoms. The highest BCUT2D eigenvalue weighted by molar-refractivity contribution is 7.90. The summed E-state index contributed by atoms with van der Waals surface area (Å²) in [6, 6.07) is 2.09. The van der Waals surface area contributed by atoms with Crippen LogP contribution in [0.1, 0.15) is 15.9 Å². The van der Waals surface area contributed by atoms with Crippen LogP contribution in [0.15, 0.2) is 27.5 Å². The number of hydrogen-bond acceptors (Lipinski definition) is 5. The quantitative estimate of drug-likeness (QED) is 0.479. The first-order chi connectivity index (χ1) is 9.15. The first-order valence-corrected chi connectivity index (χ1v) is 6.22. The molecular formula is C10H6F3NO5S. The maximum absolute atomic E-state index is 12.8. The maximum atomic E-state index is 12.8. The van der Waals surface area contributed by atoms with E-state index in [4.69, 9.17) is 0 Å². The highest BCUT2D eigenvalue weighted by Crippen LogP contribution is 2.36. The molecule has 108 valence electrons. The van der Waals surface area contributed by atoms with Gasteiger partial charge < -0.3 is 4.74 Å². The van der Waals surface area contributed by atoms with E-state index in [-0.39, 0.29) is 0 Å². The number of isocyanates is 1. The second-order valence-electron chi connectivity index (χ2n) is 3.33. The average Bonchev–Trinajstić information content (AvgIpc) is 2.35. The third kappa shape index (κ3) is 3.03. The number of halogens is 3. The minimum atomic E-state index is -5.06. The van der Waals surface area contributed by atoms with Gasteiger partial charge in [0.05, 0.1) is 18.2 Å². The Balaban J connectivity index is 3.84. The third-order valence-corrected chi connectivity index (χ3v) is 3.41. The summed E-state index contributed by atoms with van der Waals surface area (Å²) in [4.78, 5) is 20.0.